The van der Waals surface area contributed by atoms with Crippen molar-refractivity contribution in [3.8, 4) is 0 Å². The fourth-order valence-corrected chi connectivity index (χ4v) is 7.15. The monoisotopic (exact) mass is 648 g/mol. The van der Waals surface area contributed by atoms with Crippen molar-refractivity contribution in [2.45, 2.75) is 271 Å². The first-order chi connectivity index (χ1) is 22.8. The molecule has 0 heterocycles. The van der Waals surface area contributed by atoms with Crippen LogP contribution in [0.15, 0.2) is 0 Å². The molecule has 0 amide bonds. The fraction of sp³-hybridized carbons (Fsp3) is 0.977. The Balaban J connectivity index is 4.06. The Morgan fingerprint density at radius 3 is 0.717 bits per heavy atom. The van der Waals surface area contributed by atoms with Gasteiger partial charge >= 0.3 is 0 Å². The van der Waals surface area contributed by atoms with Crippen LogP contribution in [0.2, 0.25) is 0 Å². The second-order valence-electron chi connectivity index (χ2n) is 15.2. The van der Waals surface area contributed by atoms with E-state index >= 15 is 0 Å². The summed E-state index contributed by atoms with van der Waals surface area (Å²) in [5.41, 5.74) is 1.23. The highest BCUT2D eigenvalue weighted by Crippen LogP contribution is 2.17. The molecule has 276 valence electrons. The van der Waals surface area contributed by atoms with Crippen molar-refractivity contribution in [2.24, 2.45) is 0 Å². The molecular weight excluding hydrogens is 558 g/mol. The molecule has 0 spiro atoms. The zero-order chi connectivity index (χ0) is 33.4. The van der Waals surface area contributed by atoms with E-state index in [0.717, 1.165) is 25.8 Å². The molecule has 0 aromatic heterocycles. The van der Waals surface area contributed by atoms with Crippen molar-refractivity contribution < 1.29 is 4.74 Å². The summed E-state index contributed by atoms with van der Waals surface area (Å²) in [7, 11) is 0. The van der Waals surface area contributed by atoms with Gasteiger partial charge in [0.1, 0.15) is 0 Å². The SMILES string of the molecule is CCCCCCCCCCCCCCCCCCC(CCCCCCCCCCCCCCC)=[N+]([O-])CCCCCCCCCC. The molecule has 0 fully saturated rings. The van der Waals surface area contributed by atoms with Crippen LogP contribution < -0.4 is 0 Å². The predicted octanol–water partition coefficient (Wildman–Crippen LogP) is 16.2. The Hall–Kier alpha value is -0.530. The highest BCUT2D eigenvalue weighted by molar-refractivity contribution is 5.79. The van der Waals surface area contributed by atoms with Gasteiger partial charge in [0, 0.05) is 19.3 Å². The molecule has 0 N–H and O–H groups in total. The Bertz CT molecular complexity index is 584. The van der Waals surface area contributed by atoms with Crippen LogP contribution in [0.3, 0.4) is 0 Å². The van der Waals surface area contributed by atoms with Gasteiger partial charge in [0.15, 0.2) is 12.3 Å². The first kappa shape index (κ1) is 45.5. The van der Waals surface area contributed by atoms with E-state index in [9.17, 15) is 5.21 Å². The van der Waals surface area contributed by atoms with Crippen LogP contribution >= 0.6 is 0 Å². The molecule has 0 bridgehead atoms. The summed E-state index contributed by atoms with van der Waals surface area (Å²) < 4.78 is 1.45. The first-order valence-corrected chi connectivity index (χ1v) is 22.1. The summed E-state index contributed by atoms with van der Waals surface area (Å²) in [6.45, 7) is 7.63. The molecule has 46 heavy (non-hydrogen) atoms. The van der Waals surface area contributed by atoms with Crippen molar-refractivity contribution in [1.82, 2.24) is 0 Å². The molecule has 0 saturated heterocycles. The lowest BCUT2D eigenvalue weighted by Crippen LogP contribution is -2.17. The van der Waals surface area contributed by atoms with Crippen LogP contribution in [0.1, 0.15) is 271 Å². The number of hydroxylamine groups is 1. The van der Waals surface area contributed by atoms with Crippen molar-refractivity contribution in [3.05, 3.63) is 5.21 Å². The van der Waals surface area contributed by atoms with E-state index in [-0.39, 0.29) is 0 Å². The normalized spacial score (nSPS) is 12.2. The maximum absolute atomic E-state index is 13.1. The van der Waals surface area contributed by atoms with Crippen LogP contribution in [-0.4, -0.2) is 17.0 Å². The summed E-state index contributed by atoms with van der Waals surface area (Å²) in [5, 5.41) is 13.1. The molecule has 0 saturated carbocycles. The van der Waals surface area contributed by atoms with Crippen LogP contribution in [-0.2, 0) is 0 Å². The number of nitrogens with zero attached hydrogens (tertiary/aromatic N) is 1. The molecular formula is C44H89NO. The molecule has 0 aromatic rings. The van der Waals surface area contributed by atoms with Crippen molar-refractivity contribution in [1.29, 1.82) is 0 Å². The molecule has 0 atom stereocenters. The molecule has 0 unspecified atom stereocenters. The molecule has 0 aliphatic rings. The fourth-order valence-electron chi connectivity index (χ4n) is 7.15. The van der Waals surface area contributed by atoms with Gasteiger partial charge in [-0.3, -0.25) is 0 Å². The number of hydrogen-bond acceptors (Lipinski definition) is 1. The second kappa shape index (κ2) is 40.6. The number of unbranched alkanes of at least 4 members (excludes halogenated alkanes) is 34. The average Bonchev–Trinajstić information content (AvgIpc) is 3.06. The van der Waals surface area contributed by atoms with Crippen LogP contribution in [0, 0.1) is 5.21 Å². The molecule has 0 aliphatic heterocycles. The number of hydrogen-bond donors (Lipinski definition) is 0. The zero-order valence-electron chi connectivity index (χ0n) is 32.6. The van der Waals surface area contributed by atoms with E-state index in [1.54, 1.807) is 0 Å². The minimum absolute atomic E-state index is 0.738. The third kappa shape index (κ3) is 36.3. The maximum Gasteiger partial charge on any atom is 0.163 e. The predicted molar refractivity (Wildman–Crippen MR) is 211 cm³/mol. The molecule has 2 heteroatoms. The van der Waals surface area contributed by atoms with Gasteiger partial charge in [-0.2, -0.15) is 0 Å². The summed E-state index contributed by atoms with van der Waals surface area (Å²) >= 11 is 0. The molecule has 0 rings (SSSR count). The lowest BCUT2D eigenvalue weighted by Gasteiger charge is -2.12. The molecule has 0 radical (unpaired) electrons. The van der Waals surface area contributed by atoms with E-state index in [2.05, 4.69) is 20.8 Å². The topological polar surface area (TPSA) is 26.1 Å². The van der Waals surface area contributed by atoms with Gasteiger partial charge in [-0.15, -0.1) is 0 Å². The Kier molecular flexibility index (Phi) is 40.2. The highest BCUT2D eigenvalue weighted by atomic mass is 16.5. The summed E-state index contributed by atoms with van der Waals surface area (Å²) in [4.78, 5) is 0. The lowest BCUT2D eigenvalue weighted by atomic mass is 10.0. The van der Waals surface area contributed by atoms with Crippen molar-refractivity contribution >= 4 is 5.71 Å². The minimum atomic E-state index is 0.738. The molecule has 2 nitrogen and oxygen atoms in total. The van der Waals surface area contributed by atoms with Crippen LogP contribution in [0.5, 0.6) is 0 Å². The first-order valence-electron chi connectivity index (χ1n) is 22.1. The van der Waals surface area contributed by atoms with E-state index < -0.39 is 0 Å². The third-order valence-electron chi connectivity index (χ3n) is 10.5. The molecule has 0 aliphatic carbocycles. The second-order valence-corrected chi connectivity index (χ2v) is 15.2. The molecule has 0 aromatic carbocycles. The van der Waals surface area contributed by atoms with Gasteiger partial charge < -0.3 is 5.21 Å². The standard InChI is InChI=1S/C44H89NO/c1-4-7-10-13-16-19-21-23-24-25-27-29-31-33-36-39-42-44(45(46)43-40-37-34-18-15-12-9-6-3)41-38-35-32-30-28-26-22-20-17-14-11-8-5-2/h4-43H2,1-3H3. The Morgan fingerprint density at radius 2 is 0.478 bits per heavy atom. The van der Waals surface area contributed by atoms with Crippen LogP contribution in [0.4, 0.5) is 0 Å². The summed E-state index contributed by atoms with van der Waals surface area (Å²) in [6, 6.07) is 0. The van der Waals surface area contributed by atoms with E-state index in [0.29, 0.717) is 0 Å². The number of rotatable bonds is 40. The Morgan fingerprint density at radius 1 is 0.283 bits per heavy atom. The maximum atomic E-state index is 13.1. The van der Waals surface area contributed by atoms with E-state index in [4.69, 9.17) is 0 Å². The zero-order valence-corrected chi connectivity index (χ0v) is 32.6. The quantitative estimate of drug-likeness (QED) is 0.0214. The smallest absolute Gasteiger partial charge is 0.163 e. The largest absolute Gasteiger partial charge is 0.624 e. The average molecular weight is 648 g/mol. The lowest BCUT2D eigenvalue weighted by molar-refractivity contribution is -0.461. The van der Waals surface area contributed by atoms with Gasteiger partial charge in [-0.25, -0.2) is 4.74 Å². The van der Waals surface area contributed by atoms with Gasteiger partial charge in [0.05, 0.1) is 0 Å². The van der Waals surface area contributed by atoms with Crippen LogP contribution in [0.25, 0.3) is 0 Å². The highest BCUT2D eigenvalue weighted by Gasteiger charge is 2.10. The Labute approximate surface area is 292 Å². The van der Waals surface area contributed by atoms with Gasteiger partial charge in [-0.05, 0) is 19.3 Å². The summed E-state index contributed by atoms with van der Waals surface area (Å²) in [6.07, 6.45) is 53.2. The van der Waals surface area contributed by atoms with Gasteiger partial charge in [-0.1, -0.05) is 233 Å². The minimum Gasteiger partial charge on any atom is -0.624 e. The summed E-state index contributed by atoms with van der Waals surface area (Å²) in [5.74, 6) is 0. The van der Waals surface area contributed by atoms with Gasteiger partial charge in [0.2, 0.25) is 0 Å². The third-order valence-corrected chi connectivity index (χ3v) is 10.5. The van der Waals surface area contributed by atoms with Gasteiger partial charge in [0.25, 0.3) is 0 Å². The van der Waals surface area contributed by atoms with Crippen molar-refractivity contribution in [3.63, 3.8) is 0 Å². The van der Waals surface area contributed by atoms with E-state index in [1.165, 1.54) is 242 Å². The van der Waals surface area contributed by atoms with Crippen molar-refractivity contribution in [2.75, 3.05) is 6.54 Å². The van der Waals surface area contributed by atoms with E-state index in [1.807, 2.05) is 0 Å².